The molecule has 0 aliphatic heterocycles. The van der Waals surface area contributed by atoms with Gasteiger partial charge in [-0.15, -0.1) is 0 Å². The highest BCUT2D eigenvalue weighted by Gasteiger charge is 2.13. The summed E-state index contributed by atoms with van der Waals surface area (Å²) in [4.78, 5) is 1.63. The van der Waals surface area contributed by atoms with Gasteiger partial charge in [-0.25, -0.2) is 4.39 Å². The standard InChI is InChI=1S/C14H13ClFN3O/c1-19(13-5-3-2-4-11(13)16)12-7-6-9(8-10(12)15)14(17)18-20/h2-8,20H,1H3,(H2,17,18). The fraction of sp³-hybridized carbons (Fsp3) is 0.0714. The van der Waals surface area contributed by atoms with Crippen molar-refractivity contribution < 1.29 is 9.60 Å². The minimum atomic E-state index is -0.341. The summed E-state index contributed by atoms with van der Waals surface area (Å²) in [6.45, 7) is 0. The highest BCUT2D eigenvalue weighted by molar-refractivity contribution is 6.33. The van der Waals surface area contributed by atoms with Crippen LogP contribution >= 0.6 is 11.6 Å². The third-order valence-electron chi connectivity index (χ3n) is 2.93. The second-order valence-corrected chi connectivity index (χ2v) is 4.57. The summed E-state index contributed by atoms with van der Waals surface area (Å²) in [5.41, 5.74) is 7.01. The summed E-state index contributed by atoms with van der Waals surface area (Å²) in [6.07, 6.45) is 0. The van der Waals surface area contributed by atoms with Gasteiger partial charge in [-0.05, 0) is 30.3 Å². The van der Waals surface area contributed by atoms with Gasteiger partial charge in [0.05, 0.1) is 16.4 Å². The molecule has 6 heteroatoms. The molecule has 0 fully saturated rings. The predicted molar refractivity (Wildman–Crippen MR) is 78.4 cm³/mol. The Bertz CT molecular complexity index is 661. The number of hydrogen-bond acceptors (Lipinski definition) is 3. The molecule has 2 rings (SSSR count). The maximum Gasteiger partial charge on any atom is 0.170 e. The molecule has 0 aliphatic rings. The second-order valence-electron chi connectivity index (χ2n) is 4.16. The number of rotatable bonds is 3. The fourth-order valence-electron chi connectivity index (χ4n) is 1.85. The minimum absolute atomic E-state index is 0.0352. The van der Waals surface area contributed by atoms with Gasteiger partial charge in [0, 0.05) is 12.6 Å². The van der Waals surface area contributed by atoms with Crippen molar-refractivity contribution in [1.29, 1.82) is 0 Å². The Morgan fingerprint density at radius 1 is 1.25 bits per heavy atom. The first-order chi connectivity index (χ1) is 9.54. The van der Waals surface area contributed by atoms with Crippen molar-refractivity contribution in [1.82, 2.24) is 0 Å². The quantitative estimate of drug-likeness (QED) is 0.395. The lowest BCUT2D eigenvalue weighted by atomic mass is 10.1. The van der Waals surface area contributed by atoms with Crippen molar-refractivity contribution >= 4 is 28.8 Å². The van der Waals surface area contributed by atoms with Crippen molar-refractivity contribution in [2.45, 2.75) is 0 Å². The van der Waals surface area contributed by atoms with Crippen LogP contribution < -0.4 is 10.6 Å². The van der Waals surface area contributed by atoms with Gasteiger partial charge < -0.3 is 15.8 Å². The molecule has 20 heavy (non-hydrogen) atoms. The zero-order valence-electron chi connectivity index (χ0n) is 10.7. The molecular weight excluding hydrogens is 281 g/mol. The molecule has 0 aromatic heterocycles. The van der Waals surface area contributed by atoms with Crippen molar-refractivity contribution in [3.8, 4) is 0 Å². The third kappa shape index (κ3) is 2.67. The maximum absolute atomic E-state index is 13.8. The Labute approximate surface area is 120 Å². The van der Waals surface area contributed by atoms with E-state index in [-0.39, 0.29) is 11.7 Å². The lowest BCUT2D eigenvalue weighted by Crippen LogP contribution is -2.15. The molecule has 0 atom stereocenters. The molecule has 0 radical (unpaired) electrons. The molecule has 3 N–H and O–H groups in total. The van der Waals surface area contributed by atoms with E-state index in [1.807, 2.05) is 0 Å². The van der Waals surface area contributed by atoms with Crippen LogP contribution in [0.5, 0.6) is 0 Å². The van der Waals surface area contributed by atoms with E-state index in [2.05, 4.69) is 5.16 Å². The van der Waals surface area contributed by atoms with Crippen LogP contribution in [0.4, 0.5) is 15.8 Å². The summed E-state index contributed by atoms with van der Waals surface area (Å²) in [7, 11) is 1.71. The van der Waals surface area contributed by atoms with Crippen LogP contribution in [0, 0.1) is 5.82 Å². The van der Waals surface area contributed by atoms with Crippen molar-refractivity contribution in [3.63, 3.8) is 0 Å². The molecule has 0 saturated heterocycles. The summed E-state index contributed by atoms with van der Waals surface area (Å²) in [5, 5.41) is 11.9. The molecule has 0 aliphatic carbocycles. The number of hydrogen-bond donors (Lipinski definition) is 2. The summed E-state index contributed by atoms with van der Waals surface area (Å²) in [5.74, 6) is -0.376. The summed E-state index contributed by atoms with van der Waals surface area (Å²) >= 11 is 6.17. The van der Waals surface area contributed by atoms with Crippen molar-refractivity contribution in [2.24, 2.45) is 10.9 Å². The normalized spacial score (nSPS) is 11.4. The molecular formula is C14H13ClFN3O. The molecule has 0 bridgehead atoms. The fourth-order valence-corrected chi connectivity index (χ4v) is 2.16. The van der Waals surface area contributed by atoms with E-state index in [1.54, 1.807) is 48.3 Å². The van der Waals surface area contributed by atoms with E-state index in [4.69, 9.17) is 22.5 Å². The molecule has 0 spiro atoms. The number of anilines is 2. The van der Waals surface area contributed by atoms with Crippen LogP contribution in [0.3, 0.4) is 0 Å². The molecule has 0 unspecified atom stereocenters. The van der Waals surface area contributed by atoms with Crippen LogP contribution in [0.2, 0.25) is 5.02 Å². The van der Waals surface area contributed by atoms with Gasteiger partial charge in [0.1, 0.15) is 5.82 Å². The van der Waals surface area contributed by atoms with E-state index >= 15 is 0 Å². The van der Waals surface area contributed by atoms with Crippen molar-refractivity contribution in [3.05, 3.63) is 58.9 Å². The van der Waals surface area contributed by atoms with Crippen molar-refractivity contribution in [2.75, 3.05) is 11.9 Å². The van der Waals surface area contributed by atoms with Gasteiger partial charge in [-0.2, -0.15) is 0 Å². The van der Waals surface area contributed by atoms with Gasteiger partial charge >= 0.3 is 0 Å². The summed E-state index contributed by atoms with van der Waals surface area (Å²) in [6, 6.07) is 11.3. The molecule has 2 aromatic carbocycles. The smallest absolute Gasteiger partial charge is 0.170 e. The average molecular weight is 294 g/mol. The highest BCUT2D eigenvalue weighted by atomic mass is 35.5. The van der Waals surface area contributed by atoms with Gasteiger partial charge in [0.25, 0.3) is 0 Å². The molecule has 4 nitrogen and oxygen atoms in total. The average Bonchev–Trinajstić information content (AvgIpc) is 2.46. The Morgan fingerprint density at radius 3 is 2.55 bits per heavy atom. The Kier molecular flexibility index (Phi) is 4.10. The minimum Gasteiger partial charge on any atom is -0.409 e. The summed E-state index contributed by atoms with van der Waals surface area (Å²) < 4.78 is 13.8. The predicted octanol–water partition coefficient (Wildman–Crippen LogP) is 3.34. The van der Waals surface area contributed by atoms with Gasteiger partial charge in [0.2, 0.25) is 0 Å². The zero-order valence-corrected chi connectivity index (χ0v) is 11.5. The second kappa shape index (κ2) is 5.79. The number of benzene rings is 2. The van der Waals surface area contributed by atoms with Gasteiger partial charge in [-0.3, -0.25) is 0 Å². The molecule has 0 saturated carbocycles. The zero-order chi connectivity index (χ0) is 14.7. The first kappa shape index (κ1) is 14.1. The number of halogens is 2. The van der Waals surface area contributed by atoms with Gasteiger partial charge in [-0.1, -0.05) is 28.9 Å². The number of amidine groups is 1. The SMILES string of the molecule is CN(c1ccccc1F)c1ccc(C(N)=NO)cc1Cl. The number of nitrogens with two attached hydrogens (primary N) is 1. The number of oxime groups is 1. The lowest BCUT2D eigenvalue weighted by molar-refractivity contribution is 0.318. The van der Waals surface area contributed by atoms with Crippen LogP contribution in [0.25, 0.3) is 0 Å². The Hall–Kier alpha value is -2.27. The Balaban J connectivity index is 2.41. The first-order valence-corrected chi connectivity index (χ1v) is 6.18. The van der Waals surface area contributed by atoms with E-state index < -0.39 is 0 Å². The van der Waals surface area contributed by atoms with Gasteiger partial charge in [0.15, 0.2) is 5.84 Å². The lowest BCUT2D eigenvalue weighted by Gasteiger charge is -2.21. The number of para-hydroxylation sites is 1. The molecule has 0 amide bonds. The topological polar surface area (TPSA) is 61.8 Å². The third-order valence-corrected chi connectivity index (χ3v) is 3.23. The monoisotopic (exact) mass is 293 g/mol. The van der Waals surface area contributed by atoms with Crippen LogP contribution in [-0.2, 0) is 0 Å². The van der Waals surface area contributed by atoms with E-state index in [9.17, 15) is 4.39 Å². The van der Waals surface area contributed by atoms with E-state index in [0.29, 0.717) is 22.0 Å². The van der Waals surface area contributed by atoms with Crippen LogP contribution in [0.1, 0.15) is 5.56 Å². The molecule has 104 valence electrons. The number of nitrogens with zero attached hydrogens (tertiary/aromatic N) is 2. The highest BCUT2D eigenvalue weighted by Crippen LogP contribution is 2.32. The van der Waals surface area contributed by atoms with E-state index in [1.165, 1.54) is 6.07 Å². The molecule has 0 heterocycles. The Morgan fingerprint density at radius 2 is 1.95 bits per heavy atom. The van der Waals surface area contributed by atoms with Crippen LogP contribution in [-0.4, -0.2) is 18.1 Å². The molecule has 2 aromatic rings. The van der Waals surface area contributed by atoms with Crippen LogP contribution in [0.15, 0.2) is 47.6 Å². The maximum atomic E-state index is 13.8. The first-order valence-electron chi connectivity index (χ1n) is 5.80. The largest absolute Gasteiger partial charge is 0.409 e. The van der Waals surface area contributed by atoms with E-state index in [0.717, 1.165) is 0 Å².